The topological polar surface area (TPSA) is 32.3 Å². The van der Waals surface area contributed by atoms with Crippen molar-refractivity contribution in [3.05, 3.63) is 70.2 Å². The number of nitrogens with one attached hydrogen (secondary N) is 1. The van der Waals surface area contributed by atoms with Gasteiger partial charge in [-0.2, -0.15) is 0 Å². The molecule has 2 aromatic carbocycles. The predicted molar refractivity (Wildman–Crippen MR) is 98.0 cm³/mol. The largest absolute Gasteiger partial charge is 0.351 e. The van der Waals surface area contributed by atoms with Gasteiger partial charge in [-0.25, -0.2) is 0 Å². The summed E-state index contributed by atoms with van der Waals surface area (Å²) >= 11 is 6.13. The van der Waals surface area contributed by atoms with Gasteiger partial charge in [-0.15, -0.1) is 0 Å². The molecule has 1 aliphatic rings. The Kier molecular flexibility index (Phi) is 5.54. The Morgan fingerprint density at radius 3 is 2.79 bits per heavy atom. The van der Waals surface area contributed by atoms with Gasteiger partial charge in [0.05, 0.1) is 6.54 Å². The molecule has 126 valence electrons. The molecule has 1 atom stereocenters. The molecule has 0 aliphatic heterocycles. The molecule has 3 rings (SSSR count). The van der Waals surface area contributed by atoms with Crippen LogP contribution < -0.4 is 5.32 Å². The van der Waals surface area contributed by atoms with Crippen LogP contribution in [0.4, 0.5) is 0 Å². The minimum atomic E-state index is 0.0282. The van der Waals surface area contributed by atoms with Gasteiger partial charge in [0.2, 0.25) is 5.91 Å². The van der Waals surface area contributed by atoms with Crippen molar-refractivity contribution in [2.75, 3.05) is 13.6 Å². The quantitative estimate of drug-likeness (QED) is 0.891. The van der Waals surface area contributed by atoms with Gasteiger partial charge in [-0.1, -0.05) is 54.1 Å². The van der Waals surface area contributed by atoms with Crippen LogP contribution in [0.1, 0.15) is 35.6 Å². The van der Waals surface area contributed by atoms with Crippen molar-refractivity contribution < 1.29 is 4.79 Å². The number of halogens is 1. The van der Waals surface area contributed by atoms with Crippen molar-refractivity contribution in [3.63, 3.8) is 0 Å². The third-order valence-corrected chi connectivity index (χ3v) is 5.07. The number of hydrogen-bond donors (Lipinski definition) is 1. The fraction of sp³-hybridized carbons (Fsp3) is 0.350. The van der Waals surface area contributed by atoms with E-state index >= 15 is 0 Å². The summed E-state index contributed by atoms with van der Waals surface area (Å²) in [7, 11) is 2.03. The average molecular weight is 343 g/mol. The molecule has 0 saturated heterocycles. The van der Waals surface area contributed by atoms with Crippen molar-refractivity contribution in [2.45, 2.75) is 31.8 Å². The molecule has 0 radical (unpaired) electrons. The summed E-state index contributed by atoms with van der Waals surface area (Å²) in [6.07, 6.45) is 3.41. The van der Waals surface area contributed by atoms with Crippen molar-refractivity contribution >= 4 is 17.5 Å². The number of likely N-dealkylation sites (N-methyl/N-ethyl adjacent to an activating group) is 1. The van der Waals surface area contributed by atoms with E-state index < -0.39 is 0 Å². The number of carbonyl (C=O) groups is 1. The summed E-state index contributed by atoms with van der Waals surface area (Å²) in [5.74, 6) is 0.0282. The smallest absolute Gasteiger partial charge is 0.234 e. The summed E-state index contributed by atoms with van der Waals surface area (Å²) in [6.45, 7) is 0.858. The molecule has 0 spiro atoms. The summed E-state index contributed by atoms with van der Waals surface area (Å²) in [5, 5.41) is 3.66. The van der Waals surface area contributed by atoms with Gasteiger partial charge in [-0.05, 0) is 49.1 Å². The molecule has 0 saturated carbocycles. The van der Waals surface area contributed by atoms with E-state index in [1.165, 1.54) is 17.5 Å². The molecule has 2 aromatic rings. The van der Waals surface area contributed by atoms with E-state index in [4.69, 9.17) is 11.6 Å². The third kappa shape index (κ3) is 3.97. The number of carbonyl (C=O) groups excluding carboxylic acids is 1. The maximum Gasteiger partial charge on any atom is 0.234 e. The van der Waals surface area contributed by atoms with E-state index in [9.17, 15) is 4.79 Å². The Balaban J connectivity index is 1.58. The van der Waals surface area contributed by atoms with Gasteiger partial charge in [0, 0.05) is 17.6 Å². The number of hydrogen-bond acceptors (Lipinski definition) is 2. The fourth-order valence-electron chi connectivity index (χ4n) is 3.41. The van der Waals surface area contributed by atoms with Crippen molar-refractivity contribution in [2.24, 2.45) is 0 Å². The monoisotopic (exact) mass is 342 g/mol. The number of rotatable bonds is 5. The first-order valence-corrected chi connectivity index (χ1v) is 8.81. The lowest BCUT2D eigenvalue weighted by Crippen LogP contribution is -2.37. The molecule has 1 N–H and O–H groups in total. The Morgan fingerprint density at radius 2 is 1.96 bits per heavy atom. The van der Waals surface area contributed by atoms with Gasteiger partial charge in [0.25, 0.3) is 0 Å². The lowest BCUT2D eigenvalue weighted by atomic mass is 9.87. The van der Waals surface area contributed by atoms with E-state index in [0.29, 0.717) is 24.2 Å². The van der Waals surface area contributed by atoms with Crippen LogP contribution in [0.5, 0.6) is 0 Å². The average Bonchev–Trinajstić information content (AvgIpc) is 2.60. The van der Waals surface area contributed by atoms with Crippen LogP contribution in [0.2, 0.25) is 5.02 Å². The molecular formula is C20H23ClN2O. The van der Waals surface area contributed by atoms with E-state index in [-0.39, 0.29) is 5.91 Å². The van der Waals surface area contributed by atoms with Gasteiger partial charge in [0.15, 0.2) is 0 Å². The van der Waals surface area contributed by atoms with Crippen molar-refractivity contribution in [1.82, 2.24) is 10.2 Å². The SMILES string of the molecule is CN(CC(=O)NCc1ccccc1Cl)[C@@H]1CCCc2ccccc21. The van der Waals surface area contributed by atoms with Gasteiger partial charge in [-0.3, -0.25) is 9.69 Å². The van der Waals surface area contributed by atoms with Gasteiger partial charge >= 0.3 is 0 Å². The maximum absolute atomic E-state index is 12.3. The number of amides is 1. The molecule has 0 aromatic heterocycles. The Hall–Kier alpha value is -1.84. The minimum Gasteiger partial charge on any atom is -0.351 e. The van der Waals surface area contributed by atoms with Crippen molar-refractivity contribution in [3.8, 4) is 0 Å². The fourth-order valence-corrected chi connectivity index (χ4v) is 3.62. The van der Waals surface area contributed by atoms with Crippen LogP contribution in [-0.2, 0) is 17.8 Å². The highest BCUT2D eigenvalue weighted by atomic mass is 35.5. The van der Waals surface area contributed by atoms with Crippen molar-refractivity contribution in [1.29, 1.82) is 0 Å². The standard InChI is InChI=1S/C20H23ClN2O/c1-23(19-12-6-9-15-7-2-4-10-17(15)19)14-20(24)22-13-16-8-3-5-11-18(16)21/h2-5,7-8,10-11,19H,6,9,12-14H2,1H3,(H,22,24)/t19-/m1/s1. The Morgan fingerprint density at radius 1 is 1.21 bits per heavy atom. The summed E-state index contributed by atoms with van der Waals surface area (Å²) < 4.78 is 0. The molecule has 0 bridgehead atoms. The molecule has 1 aliphatic carbocycles. The van der Waals surface area contributed by atoms with Gasteiger partial charge in [0.1, 0.15) is 0 Å². The Bertz CT molecular complexity index is 716. The zero-order valence-electron chi connectivity index (χ0n) is 14.0. The number of aryl methyl sites for hydroxylation is 1. The zero-order valence-corrected chi connectivity index (χ0v) is 14.7. The highest BCUT2D eigenvalue weighted by Gasteiger charge is 2.24. The Labute approximate surface area is 148 Å². The molecular weight excluding hydrogens is 320 g/mol. The predicted octanol–water partition coefficient (Wildman–Crippen LogP) is 3.97. The van der Waals surface area contributed by atoms with Crippen LogP contribution in [0.15, 0.2) is 48.5 Å². The van der Waals surface area contributed by atoms with E-state index in [2.05, 4.69) is 34.5 Å². The highest BCUT2D eigenvalue weighted by Crippen LogP contribution is 2.33. The molecule has 24 heavy (non-hydrogen) atoms. The van der Waals surface area contributed by atoms with E-state index in [1.807, 2.05) is 31.3 Å². The minimum absolute atomic E-state index is 0.0282. The summed E-state index contributed by atoms with van der Waals surface area (Å²) in [6, 6.07) is 16.5. The van der Waals surface area contributed by atoms with Crippen LogP contribution in [0.3, 0.4) is 0 Å². The highest BCUT2D eigenvalue weighted by molar-refractivity contribution is 6.31. The zero-order chi connectivity index (χ0) is 16.9. The molecule has 0 fully saturated rings. The van der Waals surface area contributed by atoms with E-state index in [0.717, 1.165) is 18.4 Å². The van der Waals surface area contributed by atoms with Crippen LogP contribution in [0.25, 0.3) is 0 Å². The first kappa shape index (κ1) is 17.0. The normalized spacial score (nSPS) is 16.7. The number of benzene rings is 2. The van der Waals surface area contributed by atoms with Crippen LogP contribution in [0, 0.1) is 0 Å². The van der Waals surface area contributed by atoms with Crippen LogP contribution >= 0.6 is 11.6 Å². The first-order valence-electron chi connectivity index (χ1n) is 8.43. The molecule has 0 unspecified atom stereocenters. The molecule has 0 heterocycles. The summed E-state index contributed by atoms with van der Waals surface area (Å²) in [4.78, 5) is 14.4. The summed E-state index contributed by atoms with van der Waals surface area (Å²) in [5.41, 5.74) is 3.72. The van der Waals surface area contributed by atoms with E-state index in [1.54, 1.807) is 0 Å². The molecule has 4 heteroatoms. The lowest BCUT2D eigenvalue weighted by molar-refractivity contribution is -0.122. The second-order valence-corrected chi connectivity index (χ2v) is 6.80. The second kappa shape index (κ2) is 7.82. The number of nitrogens with zero attached hydrogens (tertiary/aromatic N) is 1. The van der Waals surface area contributed by atoms with Crippen LogP contribution in [-0.4, -0.2) is 24.4 Å². The maximum atomic E-state index is 12.3. The van der Waals surface area contributed by atoms with Gasteiger partial charge < -0.3 is 5.32 Å². The molecule has 1 amide bonds. The lowest BCUT2D eigenvalue weighted by Gasteiger charge is -2.32. The molecule has 3 nitrogen and oxygen atoms in total. The first-order chi connectivity index (χ1) is 11.6. The second-order valence-electron chi connectivity index (χ2n) is 6.39. The third-order valence-electron chi connectivity index (χ3n) is 4.70. The number of fused-ring (bicyclic) bond motifs is 1.